The summed E-state index contributed by atoms with van der Waals surface area (Å²) in [5.74, 6) is -1.73. The van der Waals surface area contributed by atoms with Crippen LogP contribution in [0.4, 0.5) is 0 Å². The number of hydrogen-bond donors (Lipinski definition) is 2. The van der Waals surface area contributed by atoms with E-state index in [4.69, 9.17) is 9.84 Å². The predicted octanol–water partition coefficient (Wildman–Crippen LogP) is 2.09. The van der Waals surface area contributed by atoms with E-state index in [-0.39, 0.29) is 11.3 Å². The zero-order valence-electron chi connectivity index (χ0n) is 8.88. The number of rotatable bonds is 3. The summed E-state index contributed by atoms with van der Waals surface area (Å²) in [6.45, 7) is 0. The van der Waals surface area contributed by atoms with Gasteiger partial charge in [0.15, 0.2) is 5.69 Å². The first-order valence-electron chi connectivity index (χ1n) is 4.82. The fraction of sp³-hybridized carbons (Fsp3) is 0. The number of carbonyl (C=O) groups excluding carboxylic acids is 1. The molecule has 0 aliphatic rings. The molecule has 18 heavy (non-hydrogen) atoms. The second kappa shape index (κ2) is 5.01. The maximum absolute atomic E-state index is 11.7. The Labute approximate surface area is 110 Å². The molecule has 0 unspecified atom stereocenters. The molecule has 1 aromatic heterocycles. The average Bonchev–Trinajstić information content (AvgIpc) is 2.81. The van der Waals surface area contributed by atoms with Crippen molar-refractivity contribution in [3.8, 4) is 5.75 Å². The van der Waals surface area contributed by atoms with Crippen LogP contribution in [0.1, 0.15) is 20.8 Å². The van der Waals surface area contributed by atoms with Gasteiger partial charge < -0.3 is 9.84 Å². The zero-order valence-corrected chi connectivity index (χ0v) is 10.5. The molecular weight excluding hydrogens is 304 g/mol. The fourth-order valence-electron chi connectivity index (χ4n) is 1.26. The molecule has 0 spiro atoms. The predicted molar refractivity (Wildman–Crippen MR) is 64.6 cm³/mol. The van der Waals surface area contributed by atoms with Gasteiger partial charge in [-0.3, -0.25) is 5.10 Å². The molecule has 2 aromatic rings. The van der Waals surface area contributed by atoms with Crippen LogP contribution in [0, 0.1) is 0 Å². The Bertz CT molecular complexity index is 591. The van der Waals surface area contributed by atoms with Crippen molar-refractivity contribution in [3.05, 3.63) is 46.2 Å². The third-order valence-electron chi connectivity index (χ3n) is 2.10. The van der Waals surface area contributed by atoms with E-state index in [0.717, 1.165) is 10.7 Å². The number of benzene rings is 1. The molecule has 0 aliphatic heterocycles. The van der Waals surface area contributed by atoms with Crippen molar-refractivity contribution in [1.82, 2.24) is 10.2 Å². The molecule has 0 fully saturated rings. The van der Waals surface area contributed by atoms with Crippen LogP contribution in [-0.4, -0.2) is 27.2 Å². The van der Waals surface area contributed by atoms with Gasteiger partial charge in [0.1, 0.15) is 11.3 Å². The van der Waals surface area contributed by atoms with Crippen molar-refractivity contribution in [2.45, 2.75) is 0 Å². The first-order chi connectivity index (χ1) is 8.58. The Morgan fingerprint density at radius 1 is 1.28 bits per heavy atom. The summed E-state index contributed by atoms with van der Waals surface area (Å²) in [5.41, 5.74) is -0.414. The van der Waals surface area contributed by atoms with Crippen LogP contribution in [0.3, 0.4) is 0 Å². The summed E-state index contributed by atoms with van der Waals surface area (Å²) in [4.78, 5) is 22.5. The van der Waals surface area contributed by atoms with E-state index in [0.29, 0.717) is 5.75 Å². The lowest BCUT2D eigenvalue weighted by Crippen LogP contribution is -2.13. The highest BCUT2D eigenvalue weighted by Crippen LogP contribution is 2.17. The molecule has 0 atom stereocenters. The molecule has 1 aromatic carbocycles. The minimum absolute atomic E-state index is 0.189. The standard InChI is InChI=1S/C11H7BrN2O4/c12-6-1-3-7(4-2-6)18-11(17)9-8(10(15)16)5-13-14-9/h1-5H,(H,13,14)(H,15,16). The monoisotopic (exact) mass is 310 g/mol. The van der Waals surface area contributed by atoms with Crippen LogP contribution in [0.5, 0.6) is 5.75 Å². The van der Waals surface area contributed by atoms with Gasteiger partial charge in [0.2, 0.25) is 0 Å². The van der Waals surface area contributed by atoms with Crippen molar-refractivity contribution < 1.29 is 19.4 Å². The Morgan fingerprint density at radius 2 is 1.94 bits per heavy atom. The van der Waals surface area contributed by atoms with Crippen LogP contribution >= 0.6 is 15.9 Å². The van der Waals surface area contributed by atoms with E-state index in [9.17, 15) is 9.59 Å². The number of H-pyrrole nitrogens is 1. The Balaban J connectivity index is 2.19. The molecule has 2 N–H and O–H groups in total. The van der Waals surface area contributed by atoms with Gasteiger partial charge in [-0.1, -0.05) is 15.9 Å². The topological polar surface area (TPSA) is 92.3 Å². The molecule has 0 aliphatic carbocycles. The maximum Gasteiger partial charge on any atom is 0.362 e. The van der Waals surface area contributed by atoms with E-state index >= 15 is 0 Å². The van der Waals surface area contributed by atoms with Crippen LogP contribution in [0.2, 0.25) is 0 Å². The number of carboxylic acid groups (broad SMARTS) is 1. The lowest BCUT2D eigenvalue weighted by atomic mass is 10.2. The Hall–Kier alpha value is -2.15. The number of aromatic amines is 1. The lowest BCUT2D eigenvalue weighted by molar-refractivity contribution is 0.0666. The van der Waals surface area contributed by atoms with Gasteiger partial charge in [0.05, 0.1) is 6.20 Å². The summed E-state index contributed by atoms with van der Waals surface area (Å²) < 4.78 is 5.85. The molecule has 0 bridgehead atoms. The van der Waals surface area contributed by atoms with Crippen LogP contribution in [-0.2, 0) is 0 Å². The molecule has 1 heterocycles. The van der Waals surface area contributed by atoms with Gasteiger partial charge in [-0.05, 0) is 24.3 Å². The summed E-state index contributed by atoms with van der Waals surface area (Å²) in [7, 11) is 0. The number of hydrogen-bond acceptors (Lipinski definition) is 4. The van der Waals surface area contributed by atoms with E-state index in [1.807, 2.05) is 0 Å². The molecule has 92 valence electrons. The molecule has 0 amide bonds. The van der Waals surface area contributed by atoms with Gasteiger partial charge in [-0.25, -0.2) is 9.59 Å². The lowest BCUT2D eigenvalue weighted by Gasteiger charge is -2.03. The molecule has 0 saturated carbocycles. The Morgan fingerprint density at radius 3 is 2.56 bits per heavy atom. The minimum atomic E-state index is -1.24. The molecule has 7 heteroatoms. The van der Waals surface area contributed by atoms with Crippen molar-refractivity contribution in [2.24, 2.45) is 0 Å². The van der Waals surface area contributed by atoms with Crippen molar-refractivity contribution >= 4 is 27.9 Å². The van der Waals surface area contributed by atoms with Crippen LogP contribution < -0.4 is 4.74 Å². The molecule has 0 radical (unpaired) electrons. The van der Waals surface area contributed by atoms with Gasteiger partial charge >= 0.3 is 11.9 Å². The number of ether oxygens (including phenoxy) is 1. The second-order valence-corrected chi connectivity index (χ2v) is 4.22. The molecule has 0 saturated heterocycles. The van der Waals surface area contributed by atoms with Gasteiger partial charge in [0, 0.05) is 4.47 Å². The maximum atomic E-state index is 11.7. The number of aromatic carboxylic acids is 1. The smallest absolute Gasteiger partial charge is 0.362 e. The van der Waals surface area contributed by atoms with Crippen LogP contribution in [0.25, 0.3) is 0 Å². The van der Waals surface area contributed by atoms with Crippen molar-refractivity contribution in [2.75, 3.05) is 0 Å². The Kier molecular flexibility index (Phi) is 3.42. The highest BCUT2D eigenvalue weighted by Gasteiger charge is 2.20. The summed E-state index contributed by atoms with van der Waals surface area (Å²) >= 11 is 3.25. The normalized spacial score (nSPS) is 10.1. The third-order valence-corrected chi connectivity index (χ3v) is 2.63. The molecule has 6 nitrogen and oxygen atoms in total. The summed E-state index contributed by atoms with van der Waals surface area (Å²) in [5, 5.41) is 14.6. The second-order valence-electron chi connectivity index (χ2n) is 3.31. The largest absolute Gasteiger partial charge is 0.478 e. The number of halogens is 1. The van der Waals surface area contributed by atoms with E-state index in [2.05, 4.69) is 26.1 Å². The first-order valence-corrected chi connectivity index (χ1v) is 5.61. The van der Waals surface area contributed by atoms with E-state index in [1.165, 1.54) is 0 Å². The fourth-order valence-corrected chi connectivity index (χ4v) is 1.53. The quantitative estimate of drug-likeness (QED) is 0.669. The van der Waals surface area contributed by atoms with E-state index in [1.54, 1.807) is 24.3 Å². The van der Waals surface area contributed by atoms with Crippen LogP contribution in [0.15, 0.2) is 34.9 Å². The summed E-state index contributed by atoms with van der Waals surface area (Å²) in [6.07, 6.45) is 1.06. The number of aromatic nitrogens is 2. The van der Waals surface area contributed by atoms with Crippen molar-refractivity contribution in [1.29, 1.82) is 0 Å². The van der Waals surface area contributed by atoms with E-state index < -0.39 is 11.9 Å². The number of carboxylic acids is 1. The highest BCUT2D eigenvalue weighted by atomic mass is 79.9. The zero-order chi connectivity index (χ0) is 13.1. The number of nitrogens with zero attached hydrogens (tertiary/aromatic N) is 1. The summed E-state index contributed by atoms with van der Waals surface area (Å²) in [6, 6.07) is 6.57. The number of nitrogens with one attached hydrogen (secondary N) is 1. The molecular formula is C11H7BrN2O4. The van der Waals surface area contributed by atoms with Gasteiger partial charge in [0.25, 0.3) is 0 Å². The molecule has 2 rings (SSSR count). The number of esters is 1. The van der Waals surface area contributed by atoms with Crippen molar-refractivity contribution in [3.63, 3.8) is 0 Å². The van der Waals surface area contributed by atoms with Gasteiger partial charge in [-0.2, -0.15) is 5.10 Å². The first kappa shape index (κ1) is 12.3. The minimum Gasteiger partial charge on any atom is -0.478 e. The highest BCUT2D eigenvalue weighted by molar-refractivity contribution is 9.10. The van der Waals surface area contributed by atoms with Gasteiger partial charge in [-0.15, -0.1) is 0 Å². The SMILES string of the molecule is O=C(O)c1cn[nH]c1C(=O)Oc1ccc(Br)cc1. The average molecular weight is 311 g/mol. The number of carbonyl (C=O) groups is 2. The third kappa shape index (κ3) is 2.57.